The molecule has 1 heterocycles. The van der Waals surface area contributed by atoms with E-state index in [-0.39, 0.29) is 11.2 Å². The van der Waals surface area contributed by atoms with Gasteiger partial charge in [-0.3, -0.25) is 9.89 Å². The SMILES string of the molecule is CC[C@@H](CNC(=O)[C@@H](C)Sc1n[nH]c(-c2ccccc2)n1)c1ccccc1. The van der Waals surface area contributed by atoms with Gasteiger partial charge in [0.25, 0.3) is 0 Å². The highest BCUT2D eigenvalue weighted by Gasteiger charge is 2.19. The maximum Gasteiger partial charge on any atom is 0.233 e. The van der Waals surface area contributed by atoms with E-state index in [0.717, 1.165) is 12.0 Å². The Kier molecular flexibility index (Phi) is 6.65. The number of H-pyrrole nitrogens is 1. The molecule has 3 rings (SSSR count). The van der Waals surface area contributed by atoms with Gasteiger partial charge in [-0.15, -0.1) is 5.10 Å². The maximum absolute atomic E-state index is 12.5. The van der Waals surface area contributed by atoms with Crippen LogP contribution in [0, 0.1) is 0 Å². The summed E-state index contributed by atoms with van der Waals surface area (Å²) in [5.74, 6) is 1.03. The Hall–Kier alpha value is -2.60. The zero-order valence-corrected chi connectivity index (χ0v) is 16.4. The van der Waals surface area contributed by atoms with E-state index in [0.29, 0.717) is 23.4 Å². The van der Waals surface area contributed by atoms with Crippen molar-refractivity contribution in [3.05, 3.63) is 66.2 Å². The highest BCUT2D eigenvalue weighted by molar-refractivity contribution is 8.00. The standard InChI is InChI=1S/C21H24N4OS/c1-3-16(17-10-6-4-7-11-17)14-22-20(26)15(2)27-21-23-19(24-25-21)18-12-8-5-9-13-18/h4-13,15-16H,3,14H2,1-2H3,(H,22,26)(H,23,24,25)/t15-,16+/m1/s1. The second-order valence-corrected chi connectivity index (χ2v) is 7.66. The molecule has 2 N–H and O–H groups in total. The number of aromatic amines is 1. The van der Waals surface area contributed by atoms with Gasteiger partial charge >= 0.3 is 0 Å². The summed E-state index contributed by atoms with van der Waals surface area (Å²) < 4.78 is 0. The van der Waals surface area contributed by atoms with E-state index in [1.54, 1.807) is 0 Å². The number of hydrogen-bond donors (Lipinski definition) is 2. The van der Waals surface area contributed by atoms with Crippen LogP contribution in [0.25, 0.3) is 11.4 Å². The molecule has 2 atom stereocenters. The first-order chi connectivity index (χ1) is 13.2. The third kappa shape index (κ3) is 5.20. The van der Waals surface area contributed by atoms with E-state index in [4.69, 9.17) is 0 Å². The first-order valence-corrected chi connectivity index (χ1v) is 10.0. The number of thioether (sulfide) groups is 1. The predicted octanol–water partition coefficient (Wildman–Crippen LogP) is 4.26. The highest BCUT2D eigenvalue weighted by atomic mass is 32.2. The van der Waals surface area contributed by atoms with Crippen LogP contribution in [0.3, 0.4) is 0 Å². The first kappa shape index (κ1) is 19.2. The number of aromatic nitrogens is 3. The van der Waals surface area contributed by atoms with Crippen LogP contribution in [-0.4, -0.2) is 32.9 Å². The van der Waals surface area contributed by atoms with Crippen LogP contribution >= 0.6 is 11.8 Å². The van der Waals surface area contributed by atoms with Crippen molar-refractivity contribution in [3.8, 4) is 11.4 Å². The number of hydrogen-bond acceptors (Lipinski definition) is 4. The van der Waals surface area contributed by atoms with Gasteiger partial charge in [-0.05, 0) is 18.9 Å². The topological polar surface area (TPSA) is 70.7 Å². The van der Waals surface area contributed by atoms with Crippen molar-refractivity contribution in [2.24, 2.45) is 0 Å². The van der Waals surface area contributed by atoms with E-state index in [1.807, 2.05) is 55.5 Å². The molecule has 0 unspecified atom stereocenters. The molecule has 0 bridgehead atoms. The van der Waals surface area contributed by atoms with Crippen molar-refractivity contribution in [2.75, 3.05) is 6.54 Å². The number of carbonyl (C=O) groups is 1. The molecule has 0 radical (unpaired) electrons. The summed E-state index contributed by atoms with van der Waals surface area (Å²) in [4.78, 5) is 17.0. The summed E-state index contributed by atoms with van der Waals surface area (Å²) >= 11 is 1.36. The minimum absolute atomic E-state index is 0.000409. The molecule has 0 fully saturated rings. The normalized spacial score (nSPS) is 13.1. The van der Waals surface area contributed by atoms with Gasteiger partial charge < -0.3 is 5.32 Å². The third-order valence-corrected chi connectivity index (χ3v) is 5.41. The number of nitrogens with one attached hydrogen (secondary N) is 2. The average molecular weight is 381 g/mol. The fourth-order valence-electron chi connectivity index (χ4n) is 2.83. The lowest BCUT2D eigenvalue weighted by Crippen LogP contribution is -2.34. The fraction of sp³-hybridized carbons (Fsp3) is 0.286. The molecule has 0 aliphatic heterocycles. The Bertz CT molecular complexity index is 851. The lowest BCUT2D eigenvalue weighted by Gasteiger charge is -2.17. The van der Waals surface area contributed by atoms with Crippen LogP contribution in [0.5, 0.6) is 0 Å². The largest absolute Gasteiger partial charge is 0.355 e. The molecule has 6 heteroatoms. The van der Waals surface area contributed by atoms with E-state index >= 15 is 0 Å². The van der Waals surface area contributed by atoms with Gasteiger partial charge in [0.15, 0.2) is 5.82 Å². The van der Waals surface area contributed by atoms with Gasteiger partial charge in [0.2, 0.25) is 11.1 Å². The summed E-state index contributed by atoms with van der Waals surface area (Å²) in [7, 11) is 0. The molecule has 1 aromatic heterocycles. The van der Waals surface area contributed by atoms with E-state index in [1.165, 1.54) is 17.3 Å². The van der Waals surface area contributed by atoms with Crippen LogP contribution in [0.1, 0.15) is 31.7 Å². The monoisotopic (exact) mass is 380 g/mol. The molecule has 0 saturated heterocycles. The summed E-state index contributed by atoms with van der Waals surface area (Å²) in [6, 6.07) is 20.1. The Morgan fingerprint density at radius 3 is 2.44 bits per heavy atom. The van der Waals surface area contributed by atoms with Crippen LogP contribution < -0.4 is 5.32 Å². The second-order valence-electron chi connectivity index (χ2n) is 6.35. The molecule has 1 amide bonds. The Morgan fingerprint density at radius 2 is 1.78 bits per heavy atom. The van der Waals surface area contributed by atoms with E-state index in [9.17, 15) is 4.79 Å². The summed E-state index contributed by atoms with van der Waals surface area (Å²) in [5.41, 5.74) is 2.23. The lowest BCUT2D eigenvalue weighted by atomic mass is 9.96. The van der Waals surface area contributed by atoms with Gasteiger partial charge in [-0.2, -0.15) is 0 Å². The number of rotatable bonds is 8. The minimum Gasteiger partial charge on any atom is -0.355 e. The zero-order chi connectivity index (χ0) is 19.1. The summed E-state index contributed by atoms with van der Waals surface area (Å²) in [6.45, 7) is 4.65. The van der Waals surface area contributed by atoms with Crippen LogP contribution in [0.15, 0.2) is 65.8 Å². The van der Waals surface area contributed by atoms with Gasteiger partial charge in [0.1, 0.15) is 0 Å². The molecule has 5 nitrogen and oxygen atoms in total. The Balaban J connectivity index is 1.54. The predicted molar refractivity (Wildman–Crippen MR) is 110 cm³/mol. The van der Waals surface area contributed by atoms with Gasteiger partial charge in [0.05, 0.1) is 5.25 Å². The number of carbonyl (C=O) groups excluding carboxylic acids is 1. The molecule has 0 saturated carbocycles. The van der Waals surface area contributed by atoms with Crippen LogP contribution in [0.4, 0.5) is 0 Å². The zero-order valence-electron chi connectivity index (χ0n) is 15.6. The van der Waals surface area contributed by atoms with Gasteiger partial charge in [-0.25, -0.2) is 4.98 Å². The van der Waals surface area contributed by atoms with Gasteiger partial charge in [0, 0.05) is 18.0 Å². The molecule has 140 valence electrons. The first-order valence-electron chi connectivity index (χ1n) is 9.14. The van der Waals surface area contributed by atoms with E-state index in [2.05, 4.69) is 39.6 Å². The Labute approximate surface area is 164 Å². The van der Waals surface area contributed by atoms with Crippen LogP contribution in [0.2, 0.25) is 0 Å². The molecule has 2 aromatic carbocycles. The van der Waals surface area contributed by atoms with Crippen molar-refractivity contribution in [2.45, 2.75) is 36.6 Å². The minimum atomic E-state index is -0.266. The number of nitrogens with zero attached hydrogens (tertiary/aromatic N) is 2. The lowest BCUT2D eigenvalue weighted by molar-refractivity contribution is -0.120. The molecule has 0 aliphatic carbocycles. The van der Waals surface area contributed by atoms with Crippen molar-refractivity contribution in [1.29, 1.82) is 0 Å². The van der Waals surface area contributed by atoms with Crippen LogP contribution in [-0.2, 0) is 4.79 Å². The quantitative estimate of drug-likeness (QED) is 0.573. The van der Waals surface area contributed by atoms with Crippen molar-refractivity contribution in [1.82, 2.24) is 20.5 Å². The average Bonchev–Trinajstić information content (AvgIpc) is 3.18. The van der Waals surface area contributed by atoms with Crippen molar-refractivity contribution < 1.29 is 4.79 Å². The third-order valence-electron chi connectivity index (χ3n) is 4.45. The highest BCUT2D eigenvalue weighted by Crippen LogP contribution is 2.23. The molecular weight excluding hydrogens is 356 g/mol. The molecule has 27 heavy (non-hydrogen) atoms. The summed E-state index contributed by atoms with van der Waals surface area (Å²) in [6.07, 6.45) is 0.979. The number of amides is 1. The Morgan fingerprint density at radius 1 is 1.11 bits per heavy atom. The molecule has 0 aliphatic rings. The molecule has 0 spiro atoms. The summed E-state index contributed by atoms with van der Waals surface area (Å²) in [5, 5.41) is 10.5. The fourth-order valence-corrected chi connectivity index (χ4v) is 3.58. The smallest absolute Gasteiger partial charge is 0.233 e. The molecule has 3 aromatic rings. The molecular formula is C21H24N4OS. The second kappa shape index (κ2) is 9.37. The number of benzene rings is 2. The maximum atomic E-state index is 12.5. The van der Waals surface area contributed by atoms with Crippen molar-refractivity contribution >= 4 is 17.7 Å². The van der Waals surface area contributed by atoms with Gasteiger partial charge in [-0.1, -0.05) is 79.3 Å². The van der Waals surface area contributed by atoms with E-state index < -0.39 is 0 Å². The van der Waals surface area contributed by atoms with Crippen molar-refractivity contribution in [3.63, 3.8) is 0 Å².